The zero-order valence-electron chi connectivity index (χ0n) is 22.6. The Morgan fingerprint density at radius 2 is 1.82 bits per heavy atom. The average molecular weight is 543 g/mol. The fraction of sp³-hybridized carbons (Fsp3) is 0.516. The first-order valence-corrected chi connectivity index (χ1v) is 13.8. The van der Waals surface area contributed by atoms with E-state index >= 15 is 0 Å². The van der Waals surface area contributed by atoms with Crippen molar-refractivity contribution in [2.24, 2.45) is 5.92 Å². The highest BCUT2D eigenvalue weighted by molar-refractivity contribution is 5.99. The molecule has 210 valence electrons. The fourth-order valence-corrected chi connectivity index (χ4v) is 6.72. The number of benzene rings is 2. The number of halogens is 3. The number of rotatable bonds is 8. The lowest BCUT2D eigenvalue weighted by atomic mass is 9.55. The lowest BCUT2D eigenvalue weighted by Gasteiger charge is -2.60. The van der Waals surface area contributed by atoms with E-state index in [4.69, 9.17) is 9.47 Å². The van der Waals surface area contributed by atoms with Crippen LogP contribution in [0.25, 0.3) is 6.08 Å². The minimum Gasteiger partial charge on any atom is -0.497 e. The number of ether oxygens (including phenoxy) is 2. The van der Waals surface area contributed by atoms with E-state index in [2.05, 4.69) is 16.3 Å². The van der Waals surface area contributed by atoms with Crippen LogP contribution in [-0.4, -0.2) is 56.1 Å². The summed E-state index contributed by atoms with van der Waals surface area (Å²) >= 11 is 0. The molecule has 0 spiro atoms. The molecule has 1 heterocycles. The monoisotopic (exact) mass is 542 g/mol. The van der Waals surface area contributed by atoms with Crippen LogP contribution in [0.5, 0.6) is 5.75 Å². The number of nitrogens with one attached hydrogen (secondary N) is 1. The Morgan fingerprint density at radius 3 is 2.49 bits per heavy atom. The predicted molar refractivity (Wildman–Crippen MR) is 144 cm³/mol. The normalized spacial score (nSPS) is 28.0. The van der Waals surface area contributed by atoms with Crippen molar-refractivity contribution in [3.63, 3.8) is 0 Å². The largest absolute Gasteiger partial charge is 0.497 e. The molecule has 0 bridgehead atoms. The number of carbonyl (C=O) groups is 1. The molecule has 2 aliphatic carbocycles. The molecule has 3 fully saturated rings. The van der Waals surface area contributed by atoms with Crippen molar-refractivity contribution < 1.29 is 27.4 Å². The van der Waals surface area contributed by atoms with Gasteiger partial charge in [0, 0.05) is 25.6 Å². The summed E-state index contributed by atoms with van der Waals surface area (Å²) in [5.74, 6) is 0.121. The van der Waals surface area contributed by atoms with Gasteiger partial charge in [0.2, 0.25) is 0 Å². The van der Waals surface area contributed by atoms with Crippen molar-refractivity contribution in [3.8, 4) is 5.75 Å². The molecule has 1 N–H and O–H groups in total. The number of nitrogens with zero attached hydrogens (tertiary/aromatic N) is 1. The van der Waals surface area contributed by atoms with Crippen molar-refractivity contribution in [3.05, 3.63) is 71.3 Å². The summed E-state index contributed by atoms with van der Waals surface area (Å²) < 4.78 is 54.4. The van der Waals surface area contributed by atoms with Crippen LogP contribution < -0.4 is 10.1 Å². The first kappa shape index (κ1) is 27.7. The highest BCUT2D eigenvalue weighted by Gasteiger charge is 2.60. The maximum atomic E-state index is 14.2. The van der Waals surface area contributed by atoms with Crippen LogP contribution in [0.15, 0.2) is 60.2 Å². The van der Waals surface area contributed by atoms with Crippen LogP contribution in [0.4, 0.5) is 13.2 Å². The van der Waals surface area contributed by atoms with Crippen LogP contribution >= 0.6 is 0 Å². The molecule has 3 atom stereocenters. The number of hydrogen-bond acceptors (Lipinski definition) is 4. The number of carbonyl (C=O) groups excluding carboxylic acids is 1. The van der Waals surface area contributed by atoms with Gasteiger partial charge in [-0.05, 0) is 67.4 Å². The molecule has 2 aromatic rings. The highest BCUT2D eigenvalue weighted by atomic mass is 19.4. The van der Waals surface area contributed by atoms with Gasteiger partial charge in [-0.1, -0.05) is 55.3 Å². The van der Waals surface area contributed by atoms with Crippen molar-refractivity contribution in [2.75, 3.05) is 27.3 Å². The Balaban J connectivity index is 1.53. The van der Waals surface area contributed by atoms with E-state index in [-0.39, 0.29) is 0 Å². The van der Waals surface area contributed by atoms with Gasteiger partial charge in [-0.3, -0.25) is 9.69 Å². The molecular formula is C31H37F3N2O3. The molecule has 39 heavy (non-hydrogen) atoms. The van der Waals surface area contributed by atoms with E-state index in [1.807, 2.05) is 18.2 Å². The van der Waals surface area contributed by atoms with E-state index in [1.54, 1.807) is 44.6 Å². The number of amides is 1. The molecular weight excluding hydrogens is 505 g/mol. The van der Waals surface area contributed by atoms with Crippen LogP contribution in [0.2, 0.25) is 0 Å². The second-order valence-electron chi connectivity index (χ2n) is 11.3. The molecule has 5 rings (SSSR count). The Kier molecular flexibility index (Phi) is 7.80. The minimum absolute atomic E-state index is 0.331. The summed E-state index contributed by atoms with van der Waals surface area (Å²) in [6.07, 6.45) is 1.91. The molecule has 1 aliphatic heterocycles. The second-order valence-corrected chi connectivity index (χ2v) is 11.3. The smallest absolute Gasteiger partial charge is 0.421 e. The van der Waals surface area contributed by atoms with Crippen LogP contribution in [0, 0.1) is 5.92 Å². The van der Waals surface area contributed by atoms with Gasteiger partial charge < -0.3 is 14.8 Å². The predicted octanol–water partition coefficient (Wildman–Crippen LogP) is 6.10. The van der Waals surface area contributed by atoms with Crippen LogP contribution in [-0.2, 0) is 14.9 Å². The number of hydrogen-bond donors (Lipinski definition) is 1. The average Bonchev–Trinajstić information content (AvgIpc) is 3.76. The van der Waals surface area contributed by atoms with Gasteiger partial charge in [-0.15, -0.1) is 0 Å². The summed E-state index contributed by atoms with van der Waals surface area (Å²) in [5, 5.41) is 2.84. The third kappa shape index (κ3) is 5.59. The number of methoxy groups -OCH3 is 2. The van der Waals surface area contributed by atoms with Crippen molar-refractivity contribution in [2.45, 2.75) is 68.3 Å². The number of piperidine rings is 1. The Morgan fingerprint density at radius 1 is 1.08 bits per heavy atom. The maximum Gasteiger partial charge on any atom is 0.421 e. The molecule has 0 radical (unpaired) electrons. The molecule has 1 unspecified atom stereocenters. The Bertz CT molecular complexity index is 1200. The van der Waals surface area contributed by atoms with Gasteiger partial charge >= 0.3 is 6.18 Å². The summed E-state index contributed by atoms with van der Waals surface area (Å²) in [5.41, 5.74) is -0.807. The van der Waals surface area contributed by atoms with E-state index in [1.165, 1.54) is 0 Å². The quantitative estimate of drug-likeness (QED) is 0.410. The molecule has 2 saturated carbocycles. The van der Waals surface area contributed by atoms with E-state index in [0.29, 0.717) is 24.4 Å². The standard InChI is InChI=1S/C31H37F3N2O3/c1-38-25-12-8-11-24(18-25)29-15-6-7-16-30(29,39-2)21-36(20-23-13-14-23)27(19-29)35-28(37)26(31(32,33)34)17-22-9-4-3-5-10-22/h3-5,8-12,17-18,23,27H,6-7,13-16,19-21H2,1-2H3,(H,35,37)/t27-,29-,30?/m0/s1. The second kappa shape index (κ2) is 11.0. The highest BCUT2D eigenvalue weighted by Crippen LogP contribution is 2.55. The SMILES string of the molecule is COc1cccc([C@@]23CCCCC2(OC)CN(CC2CC2)[C@H](NC(=O)C(=Cc2ccccc2)C(F)(F)F)C3)c1. The molecule has 2 aromatic carbocycles. The zero-order valence-corrected chi connectivity index (χ0v) is 22.6. The summed E-state index contributed by atoms with van der Waals surface area (Å²) in [6.45, 7) is 1.28. The van der Waals surface area contributed by atoms with E-state index < -0.39 is 34.8 Å². The number of likely N-dealkylation sites (tertiary alicyclic amines) is 1. The van der Waals surface area contributed by atoms with Crippen molar-refractivity contribution in [1.29, 1.82) is 0 Å². The number of fused-ring (bicyclic) bond motifs is 1. The third-order valence-electron chi connectivity index (χ3n) is 8.91. The van der Waals surface area contributed by atoms with Crippen molar-refractivity contribution in [1.82, 2.24) is 10.2 Å². The van der Waals surface area contributed by atoms with Gasteiger partial charge in [0.15, 0.2) is 0 Å². The third-order valence-corrected chi connectivity index (χ3v) is 8.91. The molecule has 0 aromatic heterocycles. The molecule has 1 saturated heterocycles. The molecule has 8 heteroatoms. The Hall–Kier alpha value is -2.84. The lowest BCUT2D eigenvalue weighted by Crippen LogP contribution is -2.70. The first-order chi connectivity index (χ1) is 18.7. The van der Waals surface area contributed by atoms with Crippen LogP contribution in [0.1, 0.15) is 56.1 Å². The minimum atomic E-state index is -4.79. The lowest BCUT2D eigenvalue weighted by molar-refractivity contribution is -0.166. The molecule has 1 amide bonds. The Labute approximate surface area is 228 Å². The maximum absolute atomic E-state index is 14.2. The fourth-order valence-electron chi connectivity index (χ4n) is 6.72. The zero-order chi connectivity index (χ0) is 27.7. The van der Waals surface area contributed by atoms with Gasteiger partial charge in [-0.25, -0.2) is 0 Å². The molecule has 3 aliphatic rings. The first-order valence-electron chi connectivity index (χ1n) is 13.8. The topological polar surface area (TPSA) is 50.8 Å². The van der Waals surface area contributed by atoms with Crippen LogP contribution in [0.3, 0.4) is 0 Å². The van der Waals surface area contributed by atoms with Gasteiger partial charge in [0.1, 0.15) is 11.3 Å². The number of alkyl halides is 3. The van der Waals surface area contributed by atoms with Gasteiger partial charge in [0.25, 0.3) is 5.91 Å². The van der Waals surface area contributed by atoms with E-state index in [0.717, 1.165) is 62.5 Å². The summed E-state index contributed by atoms with van der Waals surface area (Å²) in [7, 11) is 3.37. The molecule has 5 nitrogen and oxygen atoms in total. The summed E-state index contributed by atoms with van der Waals surface area (Å²) in [6, 6.07) is 16.1. The van der Waals surface area contributed by atoms with Gasteiger partial charge in [0.05, 0.1) is 18.9 Å². The van der Waals surface area contributed by atoms with Gasteiger partial charge in [-0.2, -0.15) is 13.2 Å². The van der Waals surface area contributed by atoms with Crippen molar-refractivity contribution >= 4 is 12.0 Å². The summed E-state index contributed by atoms with van der Waals surface area (Å²) in [4.78, 5) is 15.5. The van der Waals surface area contributed by atoms with E-state index in [9.17, 15) is 18.0 Å².